The number of benzene rings is 2. The number of hydrogen-bond donors (Lipinski definition) is 1. The van der Waals surface area contributed by atoms with E-state index in [4.69, 9.17) is 9.47 Å². The van der Waals surface area contributed by atoms with Crippen LogP contribution in [0.2, 0.25) is 0 Å². The summed E-state index contributed by atoms with van der Waals surface area (Å²) >= 11 is 0. The van der Waals surface area contributed by atoms with Crippen LogP contribution in [0.4, 0.5) is 18.9 Å². The molecule has 0 spiro atoms. The van der Waals surface area contributed by atoms with Gasteiger partial charge in [-0.3, -0.25) is 4.79 Å². The second-order valence-corrected chi connectivity index (χ2v) is 6.51. The number of amides is 1. The van der Waals surface area contributed by atoms with Crippen molar-refractivity contribution in [3.8, 4) is 11.5 Å². The summed E-state index contributed by atoms with van der Waals surface area (Å²) in [7, 11) is 0. The molecule has 0 heterocycles. The minimum atomic E-state index is -4.52. The number of hydrogen-bond acceptors (Lipinski definition) is 3. The van der Waals surface area contributed by atoms with Crippen LogP contribution in [0, 0.1) is 0 Å². The highest BCUT2D eigenvalue weighted by Gasteiger charge is 2.33. The van der Waals surface area contributed by atoms with Gasteiger partial charge in [-0.1, -0.05) is 31.5 Å². The molecule has 2 aromatic carbocycles. The van der Waals surface area contributed by atoms with E-state index >= 15 is 0 Å². The average molecular weight is 409 g/mol. The highest BCUT2D eigenvalue weighted by molar-refractivity contribution is 5.91. The minimum absolute atomic E-state index is 0.0494. The molecule has 0 atom stereocenters. The highest BCUT2D eigenvalue weighted by Crippen LogP contribution is 2.34. The number of carbonyl (C=O) groups excluding carboxylic acids is 1. The fourth-order valence-electron chi connectivity index (χ4n) is 2.73. The number of ether oxygens (including phenoxy) is 2. The maximum absolute atomic E-state index is 13.0. The van der Waals surface area contributed by atoms with Gasteiger partial charge < -0.3 is 14.8 Å². The summed E-state index contributed by atoms with van der Waals surface area (Å²) in [4.78, 5) is 12.2. The molecule has 158 valence electrons. The van der Waals surface area contributed by atoms with Crippen LogP contribution in [0.1, 0.15) is 44.2 Å². The van der Waals surface area contributed by atoms with Crippen molar-refractivity contribution in [3.05, 3.63) is 53.6 Å². The van der Waals surface area contributed by atoms with E-state index in [9.17, 15) is 18.0 Å². The fraction of sp³-hybridized carbons (Fsp3) is 0.409. The fourth-order valence-corrected chi connectivity index (χ4v) is 2.73. The molecule has 2 rings (SSSR count). The Morgan fingerprint density at radius 2 is 1.79 bits per heavy atom. The molecule has 0 aromatic heterocycles. The van der Waals surface area contributed by atoms with Crippen molar-refractivity contribution >= 4 is 11.6 Å². The number of aryl methyl sites for hydroxylation is 1. The number of alkyl halides is 3. The van der Waals surface area contributed by atoms with Crippen LogP contribution in [-0.2, 0) is 17.4 Å². The van der Waals surface area contributed by atoms with Crippen LogP contribution in [0.5, 0.6) is 11.5 Å². The predicted octanol–water partition coefficient (Wildman–Crippen LogP) is 5.85. The monoisotopic (exact) mass is 409 g/mol. The molecule has 4 nitrogen and oxygen atoms in total. The van der Waals surface area contributed by atoms with Crippen LogP contribution in [0.25, 0.3) is 0 Å². The van der Waals surface area contributed by atoms with E-state index in [1.165, 1.54) is 18.2 Å². The number of nitrogens with one attached hydrogen (secondary N) is 1. The molecule has 0 aliphatic heterocycles. The van der Waals surface area contributed by atoms with E-state index in [1.807, 2.05) is 19.1 Å². The maximum atomic E-state index is 13.0. The topological polar surface area (TPSA) is 47.6 Å². The van der Waals surface area contributed by atoms with Crippen LogP contribution >= 0.6 is 0 Å². The summed E-state index contributed by atoms with van der Waals surface area (Å²) in [6.07, 6.45) is -2.14. The summed E-state index contributed by atoms with van der Waals surface area (Å²) in [6, 6.07) is 10.4. The van der Waals surface area contributed by atoms with Crippen molar-refractivity contribution in [2.45, 2.75) is 45.7 Å². The van der Waals surface area contributed by atoms with E-state index in [-0.39, 0.29) is 12.1 Å². The predicted molar refractivity (Wildman–Crippen MR) is 106 cm³/mol. The first-order valence-electron chi connectivity index (χ1n) is 9.69. The summed E-state index contributed by atoms with van der Waals surface area (Å²) in [5.41, 5.74) is -0.254. The molecule has 1 N–H and O–H groups in total. The first-order valence-corrected chi connectivity index (χ1v) is 9.69. The second kappa shape index (κ2) is 10.7. The van der Waals surface area contributed by atoms with Crippen molar-refractivity contribution in [2.24, 2.45) is 0 Å². The van der Waals surface area contributed by atoms with Gasteiger partial charge in [-0.2, -0.15) is 13.2 Å². The number of para-hydroxylation sites is 1. The van der Waals surface area contributed by atoms with Gasteiger partial charge >= 0.3 is 6.18 Å². The van der Waals surface area contributed by atoms with Gasteiger partial charge in [0.05, 0.1) is 24.5 Å². The molecule has 7 heteroatoms. The van der Waals surface area contributed by atoms with Crippen molar-refractivity contribution < 1.29 is 27.4 Å². The van der Waals surface area contributed by atoms with Crippen molar-refractivity contribution in [1.29, 1.82) is 0 Å². The van der Waals surface area contributed by atoms with E-state index < -0.39 is 17.6 Å². The summed E-state index contributed by atoms with van der Waals surface area (Å²) < 4.78 is 50.5. The lowest BCUT2D eigenvalue weighted by atomic mass is 10.1. The zero-order chi connectivity index (χ0) is 21.3. The zero-order valence-corrected chi connectivity index (χ0v) is 16.6. The van der Waals surface area contributed by atoms with Gasteiger partial charge in [-0.05, 0) is 49.6 Å². The third kappa shape index (κ3) is 7.00. The molecule has 0 unspecified atom stereocenters. The summed E-state index contributed by atoms with van der Waals surface area (Å²) in [5, 5.41) is 2.36. The smallest absolute Gasteiger partial charge is 0.418 e. The molecular weight excluding hydrogens is 383 g/mol. The molecule has 0 aliphatic rings. The van der Waals surface area contributed by atoms with Gasteiger partial charge in [0.25, 0.3) is 0 Å². The van der Waals surface area contributed by atoms with Crippen LogP contribution < -0.4 is 14.8 Å². The number of unbranched alkanes of at least 4 members (excludes halogenated alkanes) is 1. The Morgan fingerprint density at radius 1 is 1.03 bits per heavy atom. The largest absolute Gasteiger partial charge is 0.490 e. The number of halogens is 3. The van der Waals surface area contributed by atoms with Gasteiger partial charge in [-0.25, -0.2) is 0 Å². The Hall–Kier alpha value is -2.70. The minimum Gasteiger partial charge on any atom is -0.490 e. The molecule has 0 aliphatic carbocycles. The van der Waals surface area contributed by atoms with E-state index in [2.05, 4.69) is 12.2 Å². The third-order valence-electron chi connectivity index (χ3n) is 4.21. The molecule has 0 fully saturated rings. The van der Waals surface area contributed by atoms with Gasteiger partial charge in [0.2, 0.25) is 5.91 Å². The summed E-state index contributed by atoms with van der Waals surface area (Å²) in [6.45, 7) is 5.02. The standard InChI is InChI=1S/C22H26F3NO3/c1-3-5-14-29-19-12-10-16(15-20(19)28-4-2)11-13-21(27)26-18-9-7-6-8-17(18)22(23,24)25/h6-10,12,15H,3-5,11,13-14H2,1-2H3,(H,26,27). The molecule has 0 saturated carbocycles. The second-order valence-electron chi connectivity index (χ2n) is 6.51. The molecular formula is C22H26F3NO3. The van der Waals surface area contributed by atoms with E-state index in [0.29, 0.717) is 31.1 Å². The lowest BCUT2D eigenvalue weighted by Crippen LogP contribution is -2.16. The maximum Gasteiger partial charge on any atom is 0.418 e. The zero-order valence-electron chi connectivity index (χ0n) is 16.6. The molecule has 0 bridgehead atoms. The van der Waals surface area contributed by atoms with Gasteiger partial charge in [0.1, 0.15) is 0 Å². The molecule has 0 saturated heterocycles. The van der Waals surface area contributed by atoms with Gasteiger partial charge in [-0.15, -0.1) is 0 Å². The molecule has 1 amide bonds. The molecule has 29 heavy (non-hydrogen) atoms. The number of rotatable bonds is 10. The molecule has 0 radical (unpaired) electrons. The Balaban J connectivity index is 2.00. The Bertz CT molecular complexity index is 806. The van der Waals surface area contributed by atoms with Crippen LogP contribution in [0.3, 0.4) is 0 Å². The van der Waals surface area contributed by atoms with E-state index in [0.717, 1.165) is 24.5 Å². The van der Waals surface area contributed by atoms with Crippen molar-refractivity contribution in [3.63, 3.8) is 0 Å². The lowest BCUT2D eigenvalue weighted by Gasteiger charge is -2.14. The normalized spacial score (nSPS) is 11.2. The van der Waals surface area contributed by atoms with E-state index in [1.54, 1.807) is 6.07 Å². The van der Waals surface area contributed by atoms with Crippen molar-refractivity contribution in [1.82, 2.24) is 0 Å². The van der Waals surface area contributed by atoms with Gasteiger partial charge in [0, 0.05) is 6.42 Å². The number of anilines is 1. The van der Waals surface area contributed by atoms with Crippen LogP contribution in [0.15, 0.2) is 42.5 Å². The Kier molecular flexibility index (Phi) is 8.36. The van der Waals surface area contributed by atoms with Crippen molar-refractivity contribution in [2.75, 3.05) is 18.5 Å². The Labute approximate surface area is 169 Å². The highest BCUT2D eigenvalue weighted by atomic mass is 19.4. The third-order valence-corrected chi connectivity index (χ3v) is 4.21. The average Bonchev–Trinajstić information content (AvgIpc) is 2.68. The van der Waals surface area contributed by atoms with Gasteiger partial charge in [0.15, 0.2) is 11.5 Å². The van der Waals surface area contributed by atoms with Crippen LogP contribution in [-0.4, -0.2) is 19.1 Å². The lowest BCUT2D eigenvalue weighted by molar-refractivity contribution is -0.137. The first kappa shape index (κ1) is 22.6. The first-order chi connectivity index (χ1) is 13.8. The number of carbonyl (C=O) groups is 1. The summed E-state index contributed by atoms with van der Waals surface area (Å²) in [5.74, 6) is 0.763. The molecule has 2 aromatic rings. The quantitative estimate of drug-likeness (QED) is 0.501. The SMILES string of the molecule is CCCCOc1ccc(CCC(=O)Nc2ccccc2C(F)(F)F)cc1OCC. The Morgan fingerprint density at radius 3 is 2.48 bits per heavy atom.